The van der Waals surface area contributed by atoms with Gasteiger partial charge in [-0.05, 0) is 42.5 Å². The first kappa shape index (κ1) is 11.5. The molecule has 0 saturated carbocycles. The third-order valence-electron chi connectivity index (χ3n) is 2.77. The van der Waals surface area contributed by atoms with Crippen LogP contribution in [0.2, 0.25) is 0 Å². The molecule has 1 unspecified atom stereocenters. The standard InChI is InChI=1S/C12H15BrOS/c1-11(2)7-12(3,14)15-10-5-4-8(13)6-9(10)11/h4-6,14H,7H2,1-3H3. The lowest BCUT2D eigenvalue weighted by molar-refractivity contribution is 0.117. The minimum atomic E-state index is -0.648. The van der Waals surface area contributed by atoms with Crippen LogP contribution in [0.15, 0.2) is 27.6 Å². The zero-order valence-electron chi connectivity index (χ0n) is 9.17. The fourth-order valence-corrected chi connectivity index (χ4v) is 4.16. The molecular formula is C12H15BrOS. The van der Waals surface area contributed by atoms with Crippen LogP contribution in [0, 0.1) is 0 Å². The zero-order chi connectivity index (χ0) is 11.3. The summed E-state index contributed by atoms with van der Waals surface area (Å²) in [6.45, 7) is 6.27. The van der Waals surface area contributed by atoms with E-state index >= 15 is 0 Å². The van der Waals surface area contributed by atoms with Gasteiger partial charge in [-0.3, -0.25) is 0 Å². The van der Waals surface area contributed by atoms with Crippen molar-refractivity contribution in [1.82, 2.24) is 0 Å². The number of thioether (sulfide) groups is 1. The van der Waals surface area contributed by atoms with Crippen molar-refractivity contribution < 1.29 is 5.11 Å². The lowest BCUT2D eigenvalue weighted by Crippen LogP contribution is -2.35. The van der Waals surface area contributed by atoms with Crippen molar-refractivity contribution in [3.8, 4) is 0 Å². The maximum absolute atomic E-state index is 10.2. The highest BCUT2D eigenvalue weighted by atomic mass is 79.9. The molecule has 0 spiro atoms. The van der Waals surface area contributed by atoms with E-state index in [9.17, 15) is 5.11 Å². The normalized spacial score (nSPS) is 28.6. The molecular weight excluding hydrogens is 272 g/mol. The average Bonchev–Trinajstić information content (AvgIpc) is 2.03. The number of rotatable bonds is 0. The number of aliphatic hydroxyl groups is 1. The van der Waals surface area contributed by atoms with Crippen LogP contribution < -0.4 is 0 Å². The Morgan fingerprint density at radius 1 is 1.33 bits per heavy atom. The Balaban J connectivity index is 2.55. The van der Waals surface area contributed by atoms with Crippen molar-refractivity contribution in [2.45, 2.75) is 42.4 Å². The Bertz CT molecular complexity index is 399. The molecule has 0 amide bonds. The van der Waals surface area contributed by atoms with Crippen molar-refractivity contribution in [3.63, 3.8) is 0 Å². The highest BCUT2D eigenvalue weighted by molar-refractivity contribution is 9.10. The lowest BCUT2D eigenvalue weighted by Gasteiger charge is -2.40. The predicted molar refractivity (Wildman–Crippen MR) is 68.3 cm³/mol. The molecule has 0 aliphatic carbocycles. The fourth-order valence-electron chi connectivity index (χ4n) is 2.31. The van der Waals surface area contributed by atoms with Gasteiger partial charge in [-0.1, -0.05) is 41.5 Å². The minimum Gasteiger partial charge on any atom is -0.379 e. The van der Waals surface area contributed by atoms with Gasteiger partial charge in [0.15, 0.2) is 0 Å². The third kappa shape index (κ3) is 2.24. The molecule has 1 N–H and O–H groups in total. The second kappa shape index (κ2) is 3.51. The van der Waals surface area contributed by atoms with Crippen molar-refractivity contribution in [2.24, 2.45) is 0 Å². The van der Waals surface area contributed by atoms with Crippen LogP contribution in [0.5, 0.6) is 0 Å². The molecule has 1 aliphatic rings. The summed E-state index contributed by atoms with van der Waals surface area (Å²) in [5.74, 6) is 0. The van der Waals surface area contributed by atoms with E-state index in [-0.39, 0.29) is 5.41 Å². The number of benzene rings is 1. The van der Waals surface area contributed by atoms with E-state index in [0.717, 1.165) is 10.9 Å². The van der Waals surface area contributed by atoms with E-state index in [1.165, 1.54) is 10.5 Å². The highest BCUT2D eigenvalue weighted by Gasteiger charge is 2.39. The summed E-state index contributed by atoms with van der Waals surface area (Å²) < 4.78 is 1.11. The molecule has 0 fully saturated rings. The largest absolute Gasteiger partial charge is 0.379 e. The van der Waals surface area contributed by atoms with Gasteiger partial charge in [0, 0.05) is 9.37 Å². The Kier molecular flexibility index (Phi) is 2.69. The summed E-state index contributed by atoms with van der Waals surface area (Å²) >= 11 is 5.06. The summed E-state index contributed by atoms with van der Waals surface area (Å²) in [4.78, 5) is 0.545. The van der Waals surface area contributed by atoms with E-state index in [2.05, 4.69) is 41.9 Å². The number of fused-ring (bicyclic) bond motifs is 1. The van der Waals surface area contributed by atoms with Crippen molar-refractivity contribution >= 4 is 27.7 Å². The van der Waals surface area contributed by atoms with Crippen molar-refractivity contribution in [2.75, 3.05) is 0 Å². The van der Waals surface area contributed by atoms with Gasteiger partial charge in [0.2, 0.25) is 0 Å². The first-order valence-corrected chi connectivity index (χ1v) is 6.63. The van der Waals surface area contributed by atoms with Crippen LogP contribution in [0.4, 0.5) is 0 Å². The fraction of sp³-hybridized carbons (Fsp3) is 0.500. The molecule has 1 heterocycles. The number of hydrogen-bond acceptors (Lipinski definition) is 2. The molecule has 0 saturated heterocycles. The summed E-state index contributed by atoms with van der Waals surface area (Å²) in [6, 6.07) is 6.28. The lowest BCUT2D eigenvalue weighted by atomic mass is 9.79. The molecule has 15 heavy (non-hydrogen) atoms. The molecule has 1 aromatic carbocycles. The first-order chi connectivity index (χ1) is 6.80. The first-order valence-electron chi connectivity index (χ1n) is 5.02. The monoisotopic (exact) mass is 286 g/mol. The van der Waals surface area contributed by atoms with Crippen LogP contribution in [-0.2, 0) is 5.41 Å². The molecule has 0 radical (unpaired) electrons. The highest BCUT2D eigenvalue weighted by Crippen LogP contribution is 2.50. The molecule has 1 atom stereocenters. The van der Waals surface area contributed by atoms with E-state index in [0.29, 0.717) is 0 Å². The zero-order valence-corrected chi connectivity index (χ0v) is 11.6. The van der Waals surface area contributed by atoms with E-state index < -0.39 is 4.93 Å². The maximum Gasteiger partial charge on any atom is 0.113 e. The van der Waals surface area contributed by atoms with Crippen LogP contribution in [0.3, 0.4) is 0 Å². The van der Waals surface area contributed by atoms with Gasteiger partial charge in [0.1, 0.15) is 4.93 Å². The van der Waals surface area contributed by atoms with Crippen LogP contribution >= 0.6 is 27.7 Å². The van der Waals surface area contributed by atoms with E-state index in [1.807, 2.05) is 13.0 Å². The second-order valence-electron chi connectivity index (χ2n) is 4.98. The second-order valence-corrected chi connectivity index (χ2v) is 7.42. The summed E-state index contributed by atoms with van der Waals surface area (Å²) in [5.41, 5.74) is 1.36. The molecule has 1 nitrogen and oxygen atoms in total. The topological polar surface area (TPSA) is 20.2 Å². The Morgan fingerprint density at radius 3 is 2.67 bits per heavy atom. The van der Waals surface area contributed by atoms with Crippen molar-refractivity contribution in [3.05, 3.63) is 28.2 Å². The summed E-state index contributed by atoms with van der Waals surface area (Å²) in [5, 5.41) is 10.2. The Morgan fingerprint density at radius 2 is 2.00 bits per heavy atom. The number of hydrogen-bond donors (Lipinski definition) is 1. The molecule has 1 aromatic rings. The van der Waals surface area contributed by atoms with Gasteiger partial charge < -0.3 is 5.11 Å². The molecule has 82 valence electrons. The van der Waals surface area contributed by atoms with Gasteiger partial charge in [0.05, 0.1) is 0 Å². The number of halogens is 1. The van der Waals surface area contributed by atoms with Crippen LogP contribution in [0.25, 0.3) is 0 Å². The van der Waals surface area contributed by atoms with Crippen molar-refractivity contribution in [1.29, 1.82) is 0 Å². The van der Waals surface area contributed by atoms with Gasteiger partial charge in [-0.15, -0.1) is 0 Å². The van der Waals surface area contributed by atoms with E-state index in [1.54, 1.807) is 11.8 Å². The minimum absolute atomic E-state index is 0.0356. The SMILES string of the molecule is CC1(O)CC(C)(C)c2cc(Br)ccc2S1. The molecule has 3 heteroatoms. The van der Waals surface area contributed by atoms with Gasteiger partial charge in [0.25, 0.3) is 0 Å². The summed E-state index contributed by atoms with van der Waals surface area (Å²) in [6.07, 6.45) is 0.786. The summed E-state index contributed by atoms with van der Waals surface area (Å²) in [7, 11) is 0. The smallest absolute Gasteiger partial charge is 0.113 e. The molecule has 0 bridgehead atoms. The predicted octanol–water partition coefficient (Wildman–Crippen LogP) is 3.93. The Hall–Kier alpha value is 0.01000. The molecule has 0 aromatic heterocycles. The van der Waals surface area contributed by atoms with Gasteiger partial charge >= 0.3 is 0 Å². The van der Waals surface area contributed by atoms with Gasteiger partial charge in [-0.25, -0.2) is 0 Å². The quantitative estimate of drug-likeness (QED) is 0.780. The van der Waals surface area contributed by atoms with Gasteiger partial charge in [-0.2, -0.15) is 0 Å². The Labute approximate surface area is 103 Å². The molecule has 2 rings (SSSR count). The van der Waals surface area contributed by atoms with Crippen LogP contribution in [-0.4, -0.2) is 10.0 Å². The van der Waals surface area contributed by atoms with E-state index in [4.69, 9.17) is 0 Å². The average molecular weight is 287 g/mol. The third-order valence-corrected chi connectivity index (χ3v) is 4.42. The van der Waals surface area contributed by atoms with Crippen LogP contribution in [0.1, 0.15) is 32.8 Å². The molecule has 1 aliphatic heterocycles. The maximum atomic E-state index is 10.2.